The van der Waals surface area contributed by atoms with Crippen molar-refractivity contribution < 1.29 is 13.9 Å². The van der Waals surface area contributed by atoms with Gasteiger partial charge in [-0.2, -0.15) is 0 Å². The molecule has 0 bridgehead atoms. The SMILES string of the molecule is CN(C)c1ccc(N[C@@H]2CCCN(C(=O)COc3ccc(F)cc3)CC2)cn1. The molecule has 3 rings (SSSR count). The molecule has 150 valence electrons. The Morgan fingerprint density at radius 3 is 2.68 bits per heavy atom. The lowest BCUT2D eigenvalue weighted by Crippen LogP contribution is -2.36. The number of anilines is 2. The van der Waals surface area contributed by atoms with Crippen LogP contribution in [-0.4, -0.2) is 55.6 Å². The van der Waals surface area contributed by atoms with Crippen LogP contribution in [0.2, 0.25) is 0 Å². The maximum absolute atomic E-state index is 12.9. The number of carbonyl (C=O) groups is 1. The number of amides is 1. The summed E-state index contributed by atoms with van der Waals surface area (Å²) >= 11 is 0. The molecule has 2 heterocycles. The van der Waals surface area contributed by atoms with Crippen LogP contribution in [0.15, 0.2) is 42.6 Å². The van der Waals surface area contributed by atoms with E-state index in [1.54, 1.807) is 0 Å². The van der Waals surface area contributed by atoms with E-state index < -0.39 is 0 Å². The summed E-state index contributed by atoms with van der Waals surface area (Å²) in [5, 5.41) is 3.52. The van der Waals surface area contributed by atoms with E-state index in [-0.39, 0.29) is 18.3 Å². The van der Waals surface area contributed by atoms with Crippen molar-refractivity contribution in [2.24, 2.45) is 0 Å². The van der Waals surface area contributed by atoms with Gasteiger partial charge in [-0.3, -0.25) is 4.79 Å². The first-order chi connectivity index (χ1) is 13.5. The number of hydrogen-bond acceptors (Lipinski definition) is 5. The number of halogens is 1. The van der Waals surface area contributed by atoms with Crippen LogP contribution in [-0.2, 0) is 4.79 Å². The number of rotatable bonds is 6. The van der Waals surface area contributed by atoms with Crippen LogP contribution in [0.25, 0.3) is 0 Å². The summed E-state index contributed by atoms with van der Waals surface area (Å²) in [4.78, 5) is 20.7. The molecule has 1 fully saturated rings. The second kappa shape index (κ2) is 9.39. The Hall–Kier alpha value is -2.83. The maximum Gasteiger partial charge on any atom is 0.260 e. The summed E-state index contributed by atoms with van der Waals surface area (Å²) in [6.07, 6.45) is 4.65. The van der Waals surface area contributed by atoms with Gasteiger partial charge < -0.3 is 19.9 Å². The van der Waals surface area contributed by atoms with Crippen LogP contribution < -0.4 is 15.0 Å². The zero-order chi connectivity index (χ0) is 19.9. The Balaban J connectivity index is 1.47. The fraction of sp³-hybridized carbons (Fsp3) is 0.429. The Morgan fingerprint density at radius 1 is 1.21 bits per heavy atom. The average molecular weight is 386 g/mol. The van der Waals surface area contributed by atoms with Crippen LogP contribution in [0.5, 0.6) is 5.75 Å². The van der Waals surface area contributed by atoms with Gasteiger partial charge in [0.25, 0.3) is 5.91 Å². The number of hydrogen-bond donors (Lipinski definition) is 1. The number of nitrogens with zero attached hydrogens (tertiary/aromatic N) is 3. The highest BCUT2D eigenvalue weighted by atomic mass is 19.1. The van der Waals surface area contributed by atoms with Crippen molar-refractivity contribution in [3.63, 3.8) is 0 Å². The fourth-order valence-corrected chi connectivity index (χ4v) is 3.23. The van der Waals surface area contributed by atoms with Crippen LogP contribution in [0.3, 0.4) is 0 Å². The molecule has 0 radical (unpaired) electrons. The molecular formula is C21H27FN4O2. The zero-order valence-corrected chi connectivity index (χ0v) is 16.4. The molecule has 28 heavy (non-hydrogen) atoms. The molecule has 7 heteroatoms. The number of ether oxygens (including phenoxy) is 1. The molecular weight excluding hydrogens is 359 g/mol. The van der Waals surface area contributed by atoms with Crippen molar-refractivity contribution in [1.29, 1.82) is 0 Å². The fourth-order valence-electron chi connectivity index (χ4n) is 3.23. The molecule has 0 saturated carbocycles. The number of pyridine rings is 1. The normalized spacial score (nSPS) is 17.0. The van der Waals surface area contributed by atoms with E-state index >= 15 is 0 Å². The van der Waals surface area contributed by atoms with Gasteiger partial charge in [0.2, 0.25) is 0 Å². The third-order valence-corrected chi connectivity index (χ3v) is 4.83. The first-order valence-corrected chi connectivity index (χ1v) is 9.57. The third-order valence-electron chi connectivity index (χ3n) is 4.83. The number of aromatic nitrogens is 1. The summed E-state index contributed by atoms with van der Waals surface area (Å²) in [6.45, 7) is 1.38. The van der Waals surface area contributed by atoms with Crippen LogP contribution in [0.1, 0.15) is 19.3 Å². The van der Waals surface area contributed by atoms with Gasteiger partial charge in [-0.25, -0.2) is 9.37 Å². The van der Waals surface area contributed by atoms with Gasteiger partial charge in [0.05, 0.1) is 11.9 Å². The molecule has 1 aliphatic rings. The first-order valence-electron chi connectivity index (χ1n) is 9.57. The van der Waals surface area contributed by atoms with Crippen molar-refractivity contribution in [2.75, 3.05) is 44.0 Å². The summed E-state index contributed by atoms with van der Waals surface area (Å²) in [5.41, 5.74) is 0.995. The van der Waals surface area contributed by atoms with Gasteiger partial charge in [0.15, 0.2) is 6.61 Å². The minimum atomic E-state index is -0.323. The lowest BCUT2D eigenvalue weighted by molar-refractivity contribution is -0.133. The van der Waals surface area contributed by atoms with Crippen LogP contribution in [0.4, 0.5) is 15.9 Å². The zero-order valence-electron chi connectivity index (χ0n) is 16.4. The molecule has 1 amide bonds. The predicted octanol–water partition coefficient (Wildman–Crippen LogP) is 3.16. The van der Waals surface area contributed by atoms with E-state index in [2.05, 4.69) is 10.3 Å². The number of benzene rings is 1. The summed E-state index contributed by atoms with van der Waals surface area (Å²) < 4.78 is 18.4. The Morgan fingerprint density at radius 2 is 2.00 bits per heavy atom. The number of carbonyl (C=O) groups excluding carboxylic acids is 1. The average Bonchev–Trinajstić information content (AvgIpc) is 2.93. The predicted molar refractivity (Wildman–Crippen MR) is 108 cm³/mol. The molecule has 6 nitrogen and oxygen atoms in total. The van der Waals surface area contributed by atoms with Crippen molar-refractivity contribution in [1.82, 2.24) is 9.88 Å². The molecule has 1 aromatic carbocycles. The highest BCUT2D eigenvalue weighted by Crippen LogP contribution is 2.19. The molecule has 1 atom stereocenters. The van der Waals surface area contributed by atoms with Crippen molar-refractivity contribution in [3.05, 3.63) is 48.4 Å². The highest BCUT2D eigenvalue weighted by Gasteiger charge is 2.21. The second-order valence-electron chi connectivity index (χ2n) is 7.20. The van der Waals surface area contributed by atoms with Gasteiger partial charge in [0.1, 0.15) is 17.4 Å². The van der Waals surface area contributed by atoms with Gasteiger partial charge in [-0.15, -0.1) is 0 Å². The van der Waals surface area contributed by atoms with E-state index in [1.807, 2.05) is 42.2 Å². The third kappa shape index (κ3) is 5.58. The summed E-state index contributed by atoms with van der Waals surface area (Å²) in [7, 11) is 3.93. The number of nitrogens with one attached hydrogen (secondary N) is 1. The first kappa shape index (κ1) is 19.9. The molecule has 1 saturated heterocycles. The van der Waals surface area contributed by atoms with E-state index in [9.17, 15) is 9.18 Å². The smallest absolute Gasteiger partial charge is 0.260 e. The molecule has 0 spiro atoms. The molecule has 2 aromatic rings. The van der Waals surface area contributed by atoms with Crippen molar-refractivity contribution >= 4 is 17.4 Å². The van der Waals surface area contributed by atoms with Crippen LogP contribution >= 0.6 is 0 Å². The lowest BCUT2D eigenvalue weighted by atomic mass is 10.1. The minimum absolute atomic E-state index is 0.0281. The van der Waals surface area contributed by atoms with Crippen LogP contribution in [0, 0.1) is 5.82 Å². The molecule has 0 aliphatic carbocycles. The van der Waals surface area contributed by atoms with Gasteiger partial charge in [-0.1, -0.05) is 0 Å². The van der Waals surface area contributed by atoms with E-state index in [4.69, 9.17) is 4.74 Å². The van der Waals surface area contributed by atoms with E-state index in [0.29, 0.717) is 18.3 Å². The molecule has 1 aliphatic heterocycles. The largest absolute Gasteiger partial charge is 0.484 e. The van der Waals surface area contributed by atoms with Gasteiger partial charge in [-0.05, 0) is 55.7 Å². The van der Waals surface area contributed by atoms with E-state index in [0.717, 1.165) is 37.3 Å². The summed E-state index contributed by atoms with van der Waals surface area (Å²) in [5.74, 6) is 1.06. The van der Waals surface area contributed by atoms with Crippen molar-refractivity contribution in [2.45, 2.75) is 25.3 Å². The Bertz CT molecular complexity index is 765. The Kier molecular flexibility index (Phi) is 6.68. The standard InChI is InChI=1S/C21H27FN4O2/c1-25(2)20-10-7-18(14-23-20)24-17-4-3-12-26(13-11-17)21(27)15-28-19-8-5-16(22)6-9-19/h5-10,14,17,24H,3-4,11-13,15H2,1-2H3/t17-/m1/s1. The second-order valence-corrected chi connectivity index (χ2v) is 7.20. The highest BCUT2D eigenvalue weighted by molar-refractivity contribution is 5.77. The lowest BCUT2D eigenvalue weighted by Gasteiger charge is -2.21. The quantitative estimate of drug-likeness (QED) is 0.827. The molecule has 1 aromatic heterocycles. The van der Waals surface area contributed by atoms with Gasteiger partial charge in [0, 0.05) is 33.2 Å². The van der Waals surface area contributed by atoms with E-state index in [1.165, 1.54) is 24.3 Å². The minimum Gasteiger partial charge on any atom is -0.484 e. The van der Waals surface area contributed by atoms with Gasteiger partial charge >= 0.3 is 0 Å². The number of likely N-dealkylation sites (tertiary alicyclic amines) is 1. The summed E-state index contributed by atoms with van der Waals surface area (Å²) in [6, 6.07) is 10.0. The Labute approximate surface area is 165 Å². The molecule has 1 N–H and O–H groups in total. The van der Waals surface area contributed by atoms with Crippen molar-refractivity contribution in [3.8, 4) is 5.75 Å². The molecule has 0 unspecified atom stereocenters. The maximum atomic E-state index is 12.9. The topological polar surface area (TPSA) is 57.7 Å². The monoisotopic (exact) mass is 386 g/mol.